The predicted octanol–water partition coefficient (Wildman–Crippen LogP) is 1.70. The fourth-order valence-corrected chi connectivity index (χ4v) is 4.41. The summed E-state index contributed by atoms with van der Waals surface area (Å²) in [6.07, 6.45) is 2.28. The number of urea groups is 1. The summed E-state index contributed by atoms with van der Waals surface area (Å²) < 4.78 is 26.9. The zero-order valence-corrected chi connectivity index (χ0v) is 15.3. The van der Waals surface area contributed by atoms with Gasteiger partial charge >= 0.3 is 12.0 Å². The highest BCUT2D eigenvalue weighted by Crippen LogP contribution is 2.24. The van der Waals surface area contributed by atoms with Crippen LogP contribution in [0.25, 0.3) is 0 Å². The van der Waals surface area contributed by atoms with Crippen LogP contribution in [0.3, 0.4) is 0 Å². The van der Waals surface area contributed by atoms with Gasteiger partial charge in [-0.25, -0.2) is 17.9 Å². The standard InChI is InChI=1S/C17H23N3O5S/c1-11-8-12(16(21)22)10-20(9-11)17(23)18-13-4-6-15(7-5-13)26(24,25)19-14-2-3-14/h4-7,11-12,14,19H,2-3,8-10H2,1H3,(H,18,23)(H,21,22). The maximum atomic E-state index is 12.4. The first kappa shape index (κ1) is 18.7. The van der Waals surface area contributed by atoms with E-state index in [9.17, 15) is 23.1 Å². The molecule has 3 rings (SSSR count). The van der Waals surface area contributed by atoms with Gasteiger partial charge in [0.2, 0.25) is 10.0 Å². The first-order valence-corrected chi connectivity index (χ1v) is 10.1. The molecule has 2 unspecified atom stereocenters. The molecule has 1 aromatic carbocycles. The summed E-state index contributed by atoms with van der Waals surface area (Å²) in [4.78, 5) is 25.3. The Hall–Kier alpha value is -2.13. The first-order chi connectivity index (χ1) is 12.2. The number of likely N-dealkylation sites (tertiary alicyclic amines) is 1. The van der Waals surface area contributed by atoms with Gasteiger partial charge in [0.25, 0.3) is 0 Å². The lowest BCUT2D eigenvalue weighted by atomic mass is 9.91. The number of benzene rings is 1. The number of aliphatic carboxylic acids is 1. The Morgan fingerprint density at radius 3 is 2.38 bits per heavy atom. The van der Waals surface area contributed by atoms with Crippen LogP contribution in [0, 0.1) is 11.8 Å². The van der Waals surface area contributed by atoms with E-state index < -0.39 is 21.9 Å². The summed E-state index contributed by atoms with van der Waals surface area (Å²) in [5, 5.41) is 11.9. The fourth-order valence-electron chi connectivity index (χ4n) is 3.10. The van der Waals surface area contributed by atoms with Gasteiger partial charge in [0.15, 0.2) is 0 Å². The largest absolute Gasteiger partial charge is 0.481 e. The van der Waals surface area contributed by atoms with Crippen molar-refractivity contribution in [2.45, 2.75) is 37.1 Å². The van der Waals surface area contributed by atoms with Gasteiger partial charge < -0.3 is 15.3 Å². The molecule has 8 nitrogen and oxygen atoms in total. The molecule has 0 spiro atoms. The summed E-state index contributed by atoms with van der Waals surface area (Å²) >= 11 is 0. The van der Waals surface area contributed by atoms with Crippen LogP contribution in [0.5, 0.6) is 0 Å². The number of nitrogens with zero attached hydrogens (tertiary/aromatic N) is 1. The summed E-state index contributed by atoms with van der Waals surface area (Å²) in [6.45, 7) is 2.58. The Morgan fingerprint density at radius 2 is 1.81 bits per heavy atom. The summed E-state index contributed by atoms with van der Waals surface area (Å²) in [6, 6.07) is 5.60. The minimum atomic E-state index is -3.53. The van der Waals surface area contributed by atoms with E-state index in [1.165, 1.54) is 29.2 Å². The molecule has 0 radical (unpaired) electrons. The van der Waals surface area contributed by atoms with Gasteiger partial charge in [0, 0.05) is 24.8 Å². The number of hydrogen-bond donors (Lipinski definition) is 3. The molecule has 1 aromatic rings. The maximum Gasteiger partial charge on any atom is 0.321 e. The molecular formula is C17H23N3O5S. The number of rotatable bonds is 5. The van der Waals surface area contributed by atoms with E-state index in [4.69, 9.17) is 0 Å². The second kappa shape index (κ2) is 7.24. The highest BCUT2D eigenvalue weighted by atomic mass is 32.2. The van der Waals surface area contributed by atoms with E-state index in [0.717, 1.165) is 12.8 Å². The normalized spacial score (nSPS) is 23.5. The van der Waals surface area contributed by atoms with Crippen LogP contribution in [-0.4, -0.2) is 49.6 Å². The van der Waals surface area contributed by atoms with Gasteiger partial charge in [-0.1, -0.05) is 6.92 Å². The quantitative estimate of drug-likeness (QED) is 0.718. The minimum Gasteiger partial charge on any atom is -0.481 e. The van der Waals surface area contributed by atoms with Crippen LogP contribution in [0.15, 0.2) is 29.2 Å². The molecule has 1 saturated carbocycles. The molecule has 9 heteroatoms. The van der Waals surface area contributed by atoms with Crippen molar-refractivity contribution in [2.24, 2.45) is 11.8 Å². The molecule has 26 heavy (non-hydrogen) atoms. The Bertz CT molecular complexity index is 789. The SMILES string of the molecule is CC1CC(C(=O)O)CN(C(=O)Nc2ccc(S(=O)(=O)NC3CC3)cc2)C1. The predicted molar refractivity (Wildman–Crippen MR) is 95.3 cm³/mol. The van der Waals surface area contributed by atoms with E-state index in [2.05, 4.69) is 10.0 Å². The first-order valence-electron chi connectivity index (χ1n) is 8.66. The third-order valence-corrected chi connectivity index (χ3v) is 6.15. The van der Waals surface area contributed by atoms with Crippen molar-refractivity contribution < 1.29 is 23.1 Å². The molecule has 0 bridgehead atoms. The molecule has 142 valence electrons. The highest BCUT2D eigenvalue weighted by molar-refractivity contribution is 7.89. The lowest BCUT2D eigenvalue weighted by Crippen LogP contribution is -2.47. The van der Waals surface area contributed by atoms with E-state index in [1.54, 1.807) is 0 Å². The summed E-state index contributed by atoms with van der Waals surface area (Å²) in [5.41, 5.74) is 0.463. The number of anilines is 1. The molecule has 2 atom stereocenters. The fraction of sp³-hybridized carbons (Fsp3) is 0.529. The van der Waals surface area contributed by atoms with Gasteiger partial charge in [-0.05, 0) is 49.4 Å². The number of carboxylic acid groups (broad SMARTS) is 1. The van der Waals surface area contributed by atoms with Gasteiger partial charge in [-0.15, -0.1) is 0 Å². The number of piperidine rings is 1. The van der Waals surface area contributed by atoms with Crippen molar-refractivity contribution >= 4 is 27.7 Å². The number of carbonyl (C=O) groups excluding carboxylic acids is 1. The second-order valence-electron chi connectivity index (χ2n) is 7.13. The smallest absolute Gasteiger partial charge is 0.321 e. The van der Waals surface area contributed by atoms with Gasteiger partial charge in [0.05, 0.1) is 10.8 Å². The Balaban J connectivity index is 1.63. The Morgan fingerprint density at radius 1 is 1.15 bits per heavy atom. The molecule has 1 saturated heterocycles. The van der Waals surface area contributed by atoms with Crippen molar-refractivity contribution in [3.05, 3.63) is 24.3 Å². The van der Waals surface area contributed by atoms with Crippen molar-refractivity contribution in [1.29, 1.82) is 0 Å². The molecule has 1 heterocycles. The van der Waals surface area contributed by atoms with Crippen LogP contribution in [0.1, 0.15) is 26.2 Å². The molecule has 1 aliphatic heterocycles. The summed E-state index contributed by atoms with van der Waals surface area (Å²) in [7, 11) is -3.53. The highest BCUT2D eigenvalue weighted by Gasteiger charge is 2.32. The van der Waals surface area contributed by atoms with Gasteiger partial charge in [-0.2, -0.15) is 0 Å². The van der Waals surface area contributed by atoms with Crippen LogP contribution in [-0.2, 0) is 14.8 Å². The summed E-state index contributed by atoms with van der Waals surface area (Å²) in [5.74, 6) is -1.35. The molecule has 2 aliphatic rings. The van der Waals surface area contributed by atoms with Crippen molar-refractivity contribution in [1.82, 2.24) is 9.62 Å². The average molecular weight is 381 g/mol. The lowest BCUT2D eigenvalue weighted by molar-refractivity contribution is -0.143. The molecule has 0 aromatic heterocycles. The third kappa shape index (κ3) is 4.53. The molecule has 2 amide bonds. The van der Waals surface area contributed by atoms with Crippen LogP contribution >= 0.6 is 0 Å². The molecular weight excluding hydrogens is 358 g/mol. The topological polar surface area (TPSA) is 116 Å². The number of sulfonamides is 1. The second-order valence-corrected chi connectivity index (χ2v) is 8.85. The Labute approximate surface area is 152 Å². The number of hydrogen-bond acceptors (Lipinski definition) is 4. The number of carbonyl (C=O) groups is 2. The average Bonchev–Trinajstić information content (AvgIpc) is 3.38. The van der Waals surface area contributed by atoms with Crippen molar-refractivity contribution in [3.8, 4) is 0 Å². The van der Waals surface area contributed by atoms with Crippen LogP contribution in [0.4, 0.5) is 10.5 Å². The van der Waals surface area contributed by atoms with Crippen molar-refractivity contribution in [3.63, 3.8) is 0 Å². The van der Waals surface area contributed by atoms with E-state index >= 15 is 0 Å². The zero-order valence-electron chi connectivity index (χ0n) is 14.5. The molecule has 2 fully saturated rings. The van der Waals surface area contributed by atoms with Crippen LogP contribution < -0.4 is 10.0 Å². The monoisotopic (exact) mass is 381 g/mol. The number of nitrogens with one attached hydrogen (secondary N) is 2. The van der Waals surface area contributed by atoms with Crippen molar-refractivity contribution in [2.75, 3.05) is 18.4 Å². The Kier molecular flexibility index (Phi) is 5.19. The number of amides is 2. The van der Waals surface area contributed by atoms with E-state index in [-0.39, 0.29) is 29.4 Å². The number of carboxylic acids is 1. The zero-order chi connectivity index (χ0) is 18.9. The molecule has 1 aliphatic carbocycles. The maximum absolute atomic E-state index is 12.4. The lowest BCUT2D eigenvalue weighted by Gasteiger charge is -2.34. The van der Waals surface area contributed by atoms with Crippen LogP contribution in [0.2, 0.25) is 0 Å². The van der Waals surface area contributed by atoms with Gasteiger partial charge in [0.1, 0.15) is 0 Å². The van der Waals surface area contributed by atoms with Gasteiger partial charge in [-0.3, -0.25) is 4.79 Å². The third-order valence-electron chi connectivity index (χ3n) is 4.61. The van der Waals surface area contributed by atoms with E-state index in [1.807, 2.05) is 6.92 Å². The van der Waals surface area contributed by atoms with E-state index in [0.29, 0.717) is 18.7 Å². The minimum absolute atomic E-state index is 0.0302. The molecule has 3 N–H and O–H groups in total.